The maximum Gasteiger partial charge on any atom is 0.302 e. The minimum absolute atomic E-state index is 0.00510. The molecule has 1 aliphatic carbocycles. The smallest absolute Gasteiger partial charge is 0.302 e. The van der Waals surface area contributed by atoms with Crippen LogP contribution < -0.4 is 0 Å². The lowest BCUT2D eigenvalue weighted by atomic mass is 9.77. The lowest BCUT2D eigenvalue weighted by molar-refractivity contribution is -0.149. The number of carbonyl (C=O) groups excluding carboxylic acids is 3. The van der Waals surface area contributed by atoms with Crippen LogP contribution in [0, 0.1) is 11.8 Å². The van der Waals surface area contributed by atoms with Crippen molar-refractivity contribution in [3.63, 3.8) is 0 Å². The predicted molar refractivity (Wildman–Crippen MR) is 83.7 cm³/mol. The summed E-state index contributed by atoms with van der Waals surface area (Å²) >= 11 is 3.34. The molecule has 0 aromatic carbocycles. The van der Waals surface area contributed by atoms with E-state index in [9.17, 15) is 19.5 Å². The molecule has 7 nitrogen and oxygen atoms in total. The highest BCUT2D eigenvalue weighted by Gasteiger charge is 2.40. The van der Waals surface area contributed by atoms with E-state index in [0.29, 0.717) is 5.57 Å². The van der Waals surface area contributed by atoms with Gasteiger partial charge in [-0.25, -0.2) is 0 Å². The number of alkyl halides is 1. The summed E-state index contributed by atoms with van der Waals surface area (Å²) in [5.41, 5.74) is 0.700. The van der Waals surface area contributed by atoms with Crippen LogP contribution in [0.5, 0.6) is 0 Å². The highest BCUT2D eigenvalue weighted by atomic mass is 79.9. The second-order valence-electron chi connectivity index (χ2n) is 5.33. The van der Waals surface area contributed by atoms with Crippen LogP contribution in [0.25, 0.3) is 0 Å². The van der Waals surface area contributed by atoms with Crippen molar-refractivity contribution < 1.29 is 33.7 Å². The van der Waals surface area contributed by atoms with E-state index in [2.05, 4.69) is 15.9 Å². The van der Waals surface area contributed by atoms with Gasteiger partial charge in [-0.2, -0.15) is 0 Å². The Bertz CT molecular complexity index is 488. The van der Waals surface area contributed by atoms with Gasteiger partial charge in [0.25, 0.3) is 0 Å². The molecule has 0 heterocycles. The van der Waals surface area contributed by atoms with E-state index in [4.69, 9.17) is 14.2 Å². The zero-order chi connectivity index (χ0) is 17.6. The minimum Gasteiger partial charge on any atom is -0.465 e. The van der Waals surface area contributed by atoms with E-state index < -0.39 is 35.8 Å². The van der Waals surface area contributed by atoms with Crippen LogP contribution in [0.2, 0.25) is 0 Å². The second kappa shape index (κ2) is 9.02. The predicted octanol–water partition coefficient (Wildman–Crippen LogP) is 0.972. The van der Waals surface area contributed by atoms with Crippen molar-refractivity contribution in [1.29, 1.82) is 0 Å². The molecule has 0 spiro atoms. The molecule has 4 atom stereocenters. The molecule has 0 aliphatic heterocycles. The van der Waals surface area contributed by atoms with E-state index in [1.807, 2.05) is 0 Å². The number of ether oxygens (including phenoxy) is 3. The van der Waals surface area contributed by atoms with Crippen molar-refractivity contribution in [2.45, 2.75) is 31.7 Å². The Hall–Kier alpha value is -1.41. The lowest BCUT2D eigenvalue weighted by Crippen LogP contribution is -2.44. The second-order valence-corrected chi connectivity index (χ2v) is 6.39. The molecule has 0 bridgehead atoms. The van der Waals surface area contributed by atoms with Gasteiger partial charge in [0.2, 0.25) is 0 Å². The van der Waals surface area contributed by atoms with Gasteiger partial charge >= 0.3 is 17.9 Å². The first kappa shape index (κ1) is 19.6. The van der Waals surface area contributed by atoms with Crippen LogP contribution >= 0.6 is 15.9 Å². The molecule has 23 heavy (non-hydrogen) atoms. The SMILES string of the molecule is CC(=O)OCC1=C[C@@H](Br)[C@@H](O)[C@@H](COC(C)=O)[C@H]1COC(C)=O. The number of hydrogen-bond acceptors (Lipinski definition) is 7. The first-order chi connectivity index (χ1) is 10.7. The largest absolute Gasteiger partial charge is 0.465 e. The van der Waals surface area contributed by atoms with Crippen LogP contribution in [-0.4, -0.2) is 53.8 Å². The fourth-order valence-electron chi connectivity index (χ4n) is 2.38. The highest BCUT2D eigenvalue weighted by molar-refractivity contribution is 9.09. The third-order valence-electron chi connectivity index (χ3n) is 3.52. The molecule has 1 aliphatic rings. The quantitative estimate of drug-likeness (QED) is 0.311. The number of carbonyl (C=O) groups is 3. The van der Waals surface area contributed by atoms with Crippen LogP contribution in [0.15, 0.2) is 11.6 Å². The maximum atomic E-state index is 11.1. The Morgan fingerprint density at radius 1 is 1.04 bits per heavy atom. The zero-order valence-electron chi connectivity index (χ0n) is 13.3. The van der Waals surface area contributed by atoms with Gasteiger partial charge in [-0.1, -0.05) is 22.0 Å². The summed E-state index contributed by atoms with van der Waals surface area (Å²) < 4.78 is 15.1. The molecule has 0 aromatic rings. The summed E-state index contributed by atoms with van der Waals surface area (Å²) in [5.74, 6) is -2.27. The van der Waals surface area contributed by atoms with Gasteiger partial charge < -0.3 is 19.3 Å². The zero-order valence-corrected chi connectivity index (χ0v) is 14.9. The Kier molecular flexibility index (Phi) is 7.70. The Balaban J connectivity index is 2.97. The number of halogens is 1. The van der Waals surface area contributed by atoms with Crippen molar-refractivity contribution in [1.82, 2.24) is 0 Å². The van der Waals surface area contributed by atoms with E-state index in [1.165, 1.54) is 20.8 Å². The van der Waals surface area contributed by atoms with Crippen LogP contribution in [-0.2, 0) is 28.6 Å². The standard InChI is InChI=1S/C15H21BrO7/c1-8(17)21-5-11-4-14(16)15(20)13(7-23-10(3)19)12(11)6-22-9(2)18/h4,12-15,20H,5-7H2,1-3H3/t12-,13-,14+,15-/m0/s1. The maximum absolute atomic E-state index is 11.1. The summed E-state index contributed by atoms with van der Waals surface area (Å²) in [6.07, 6.45) is 0.891. The third-order valence-corrected chi connectivity index (χ3v) is 4.32. The van der Waals surface area contributed by atoms with Crippen LogP contribution in [0.4, 0.5) is 0 Å². The molecule has 1 N–H and O–H groups in total. The van der Waals surface area contributed by atoms with Gasteiger partial charge in [0.15, 0.2) is 0 Å². The number of aliphatic hydroxyl groups excluding tert-OH is 1. The van der Waals surface area contributed by atoms with Crippen molar-refractivity contribution in [2.75, 3.05) is 19.8 Å². The summed E-state index contributed by atoms with van der Waals surface area (Å²) in [6.45, 7) is 3.85. The molecule has 0 radical (unpaired) electrons. The van der Waals surface area contributed by atoms with E-state index in [0.717, 1.165) is 0 Å². The number of hydrogen-bond donors (Lipinski definition) is 1. The molecule has 8 heteroatoms. The Morgan fingerprint density at radius 2 is 1.57 bits per heavy atom. The van der Waals surface area contributed by atoms with Gasteiger partial charge in [-0.3, -0.25) is 14.4 Å². The van der Waals surface area contributed by atoms with Crippen LogP contribution in [0.1, 0.15) is 20.8 Å². The van der Waals surface area contributed by atoms with Gasteiger partial charge in [0.1, 0.15) is 6.61 Å². The molecule has 0 saturated carbocycles. The van der Waals surface area contributed by atoms with Crippen LogP contribution in [0.3, 0.4) is 0 Å². The molecule has 0 amide bonds. The van der Waals surface area contributed by atoms with Gasteiger partial charge in [-0.15, -0.1) is 0 Å². The molecular weight excluding hydrogens is 372 g/mol. The monoisotopic (exact) mass is 392 g/mol. The normalized spacial score (nSPS) is 26.9. The van der Waals surface area contributed by atoms with Crippen molar-refractivity contribution in [3.8, 4) is 0 Å². The minimum atomic E-state index is -0.837. The fourth-order valence-corrected chi connectivity index (χ4v) is 3.11. The first-order valence-corrected chi connectivity index (χ1v) is 8.06. The number of esters is 3. The van der Waals surface area contributed by atoms with Gasteiger partial charge in [0.05, 0.1) is 24.1 Å². The van der Waals surface area contributed by atoms with Crippen molar-refractivity contribution >= 4 is 33.8 Å². The summed E-state index contributed by atoms with van der Waals surface area (Å²) in [5, 5.41) is 10.4. The molecule has 1 rings (SSSR count). The van der Waals surface area contributed by atoms with E-state index in [1.54, 1.807) is 6.08 Å². The van der Waals surface area contributed by atoms with Gasteiger partial charge in [0, 0.05) is 32.6 Å². The first-order valence-electron chi connectivity index (χ1n) is 7.15. The fraction of sp³-hybridized carbons (Fsp3) is 0.667. The number of rotatable bonds is 6. The average Bonchev–Trinajstić information content (AvgIpc) is 2.44. The Labute approximate surface area is 143 Å². The average molecular weight is 393 g/mol. The van der Waals surface area contributed by atoms with Crippen molar-refractivity contribution in [2.24, 2.45) is 11.8 Å². The molecular formula is C15H21BrO7. The highest BCUT2D eigenvalue weighted by Crippen LogP contribution is 2.35. The van der Waals surface area contributed by atoms with E-state index in [-0.39, 0.29) is 24.6 Å². The summed E-state index contributed by atoms with van der Waals surface area (Å²) in [7, 11) is 0. The van der Waals surface area contributed by atoms with Crippen molar-refractivity contribution in [3.05, 3.63) is 11.6 Å². The third kappa shape index (κ3) is 6.31. The lowest BCUT2D eigenvalue weighted by Gasteiger charge is -2.37. The molecule has 0 unspecified atom stereocenters. The molecule has 130 valence electrons. The topological polar surface area (TPSA) is 99.1 Å². The molecule has 0 fully saturated rings. The van der Waals surface area contributed by atoms with E-state index >= 15 is 0 Å². The molecule has 0 saturated heterocycles. The molecule has 0 aromatic heterocycles. The summed E-state index contributed by atoms with van der Waals surface area (Å²) in [4.78, 5) is 32.8. The Morgan fingerprint density at radius 3 is 2.09 bits per heavy atom. The number of aliphatic hydroxyl groups is 1. The van der Waals surface area contributed by atoms with Gasteiger partial charge in [-0.05, 0) is 5.57 Å². The summed E-state index contributed by atoms with van der Waals surface area (Å²) in [6, 6.07) is 0.